The topological polar surface area (TPSA) is 93.2 Å². The van der Waals surface area contributed by atoms with E-state index in [1.807, 2.05) is 0 Å². The second-order valence-electron chi connectivity index (χ2n) is 3.50. The maximum atomic E-state index is 11.0. The van der Waals surface area contributed by atoms with Crippen molar-refractivity contribution in [3.05, 3.63) is 23.9 Å². The summed E-state index contributed by atoms with van der Waals surface area (Å²) in [6.45, 7) is 0. The molecular formula is C10H10N4O2S. The van der Waals surface area contributed by atoms with Crippen molar-refractivity contribution in [1.29, 1.82) is 0 Å². The maximum absolute atomic E-state index is 11.0. The number of carboxylic acids is 1. The number of carbonyl (C=O) groups is 1. The molecule has 0 radical (unpaired) electrons. The van der Waals surface area contributed by atoms with Gasteiger partial charge in [0.15, 0.2) is 10.8 Å². The monoisotopic (exact) mass is 250 g/mol. The molecule has 0 saturated heterocycles. The first-order valence-corrected chi connectivity index (χ1v) is 5.16. The summed E-state index contributed by atoms with van der Waals surface area (Å²) in [4.78, 5) is 11.0. The molecule has 0 aliphatic carbocycles. The lowest BCUT2D eigenvalue weighted by Gasteiger charge is -2.03. The summed E-state index contributed by atoms with van der Waals surface area (Å²) in [5.74, 6) is -1.07. The van der Waals surface area contributed by atoms with Crippen LogP contribution in [0.3, 0.4) is 0 Å². The van der Waals surface area contributed by atoms with Crippen LogP contribution in [0.4, 0.5) is 5.69 Å². The molecule has 0 amide bonds. The van der Waals surface area contributed by atoms with Crippen LogP contribution in [0.25, 0.3) is 10.9 Å². The van der Waals surface area contributed by atoms with Crippen LogP contribution < -0.4 is 11.1 Å². The second kappa shape index (κ2) is 4.02. The van der Waals surface area contributed by atoms with Gasteiger partial charge in [0.1, 0.15) is 0 Å². The number of nitrogens with one attached hydrogen (secondary N) is 1. The maximum Gasteiger partial charge on any atom is 0.357 e. The summed E-state index contributed by atoms with van der Waals surface area (Å²) < 4.78 is 1.52. The first-order valence-electron chi connectivity index (χ1n) is 4.75. The highest BCUT2D eigenvalue weighted by Crippen LogP contribution is 2.22. The van der Waals surface area contributed by atoms with Gasteiger partial charge in [0.25, 0.3) is 0 Å². The zero-order chi connectivity index (χ0) is 12.6. The predicted octanol–water partition coefficient (Wildman–Crippen LogP) is 0.927. The van der Waals surface area contributed by atoms with E-state index in [2.05, 4.69) is 10.4 Å². The van der Waals surface area contributed by atoms with E-state index in [0.29, 0.717) is 11.1 Å². The number of anilines is 1. The van der Waals surface area contributed by atoms with Crippen molar-refractivity contribution >= 4 is 39.9 Å². The minimum Gasteiger partial charge on any atom is -0.476 e. The number of nitrogens with two attached hydrogens (primary N) is 1. The van der Waals surface area contributed by atoms with E-state index in [0.717, 1.165) is 5.52 Å². The summed E-state index contributed by atoms with van der Waals surface area (Å²) in [6, 6.07) is 5.18. The Morgan fingerprint density at radius 1 is 1.59 bits per heavy atom. The Morgan fingerprint density at radius 2 is 2.29 bits per heavy atom. The molecule has 0 atom stereocenters. The van der Waals surface area contributed by atoms with Crippen molar-refractivity contribution in [2.24, 2.45) is 12.8 Å². The summed E-state index contributed by atoms with van der Waals surface area (Å²) in [7, 11) is 1.69. The van der Waals surface area contributed by atoms with Crippen molar-refractivity contribution in [3.8, 4) is 0 Å². The minimum atomic E-state index is -1.07. The molecule has 17 heavy (non-hydrogen) atoms. The SMILES string of the molecule is Cn1nc(C(=O)O)c2cc(NC(N)=S)ccc21. The van der Waals surface area contributed by atoms with Crippen LogP contribution in [0.2, 0.25) is 0 Å². The third kappa shape index (κ3) is 2.04. The number of aryl methyl sites for hydroxylation is 1. The molecule has 0 aliphatic heterocycles. The zero-order valence-corrected chi connectivity index (χ0v) is 9.78. The van der Waals surface area contributed by atoms with Gasteiger partial charge < -0.3 is 16.2 Å². The quantitative estimate of drug-likeness (QED) is 0.686. The van der Waals surface area contributed by atoms with Gasteiger partial charge in [0.05, 0.1) is 5.52 Å². The molecule has 0 spiro atoms. The third-order valence-corrected chi connectivity index (χ3v) is 2.42. The molecule has 0 aliphatic rings. The van der Waals surface area contributed by atoms with Crippen molar-refractivity contribution in [2.75, 3.05) is 5.32 Å². The van der Waals surface area contributed by atoms with Gasteiger partial charge in [-0.15, -0.1) is 0 Å². The first kappa shape index (κ1) is 11.3. The highest BCUT2D eigenvalue weighted by molar-refractivity contribution is 7.80. The largest absolute Gasteiger partial charge is 0.476 e. The number of benzene rings is 1. The molecule has 2 rings (SSSR count). The van der Waals surface area contributed by atoms with Crippen molar-refractivity contribution in [3.63, 3.8) is 0 Å². The Labute approximate surface area is 102 Å². The number of nitrogens with zero attached hydrogens (tertiary/aromatic N) is 2. The fourth-order valence-corrected chi connectivity index (χ4v) is 1.76. The van der Waals surface area contributed by atoms with Gasteiger partial charge in [0, 0.05) is 18.1 Å². The Morgan fingerprint density at radius 3 is 2.88 bits per heavy atom. The van der Waals surface area contributed by atoms with Crippen LogP contribution >= 0.6 is 12.2 Å². The number of hydrogen-bond acceptors (Lipinski definition) is 3. The molecule has 0 fully saturated rings. The Hall–Kier alpha value is -2.15. The van der Waals surface area contributed by atoms with Gasteiger partial charge in [-0.1, -0.05) is 0 Å². The van der Waals surface area contributed by atoms with Crippen molar-refractivity contribution in [1.82, 2.24) is 9.78 Å². The minimum absolute atomic E-state index is 0.00842. The molecule has 1 aromatic carbocycles. The molecule has 2 aromatic rings. The van der Waals surface area contributed by atoms with Crippen LogP contribution in [0, 0.1) is 0 Å². The number of hydrogen-bond donors (Lipinski definition) is 3. The molecule has 88 valence electrons. The normalized spacial score (nSPS) is 10.4. The van der Waals surface area contributed by atoms with E-state index >= 15 is 0 Å². The Kier molecular flexibility index (Phi) is 2.68. The van der Waals surface area contributed by atoms with Crippen LogP contribution in [0.15, 0.2) is 18.2 Å². The molecule has 0 unspecified atom stereocenters. The second-order valence-corrected chi connectivity index (χ2v) is 3.94. The van der Waals surface area contributed by atoms with Gasteiger partial charge in [-0.2, -0.15) is 5.10 Å². The molecule has 0 saturated carbocycles. The summed E-state index contributed by atoms with van der Waals surface area (Å²) in [5.41, 5.74) is 6.73. The van der Waals surface area contributed by atoms with Gasteiger partial charge in [-0.25, -0.2) is 4.79 Å². The standard InChI is InChI=1S/C10H10N4O2S/c1-14-7-3-2-5(12-10(11)17)4-6(7)8(13-14)9(15)16/h2-4H,1H3,(H,15,16)(H3,11,12,17). The Balaban J connectivity index is 2.62. The number of rotatable bonds is 2. The van der Waals surface area contributed by atoms with Crippen LogP contribution in [-0.4, -0.2) is 26.0 Å². The smallest absolute Gasteiger partial charge is 0.357 e. The number of thiocarbonyl (C=S) groups is 1. The summed E-state index contributed by atoms with van der Waals surface area (Å²) in [5, 5.41) is 16.4. The lowest BCUT2D eigenvalue weighted by molar-refractivity contribution is 0.0691. The highest BCUT2D eigenvalue weighted by atomic mass is 32.1. The summed E-state index contributed by atoms with van der Waals surface area (Å²) in [6.07, 6.45) is 0. The lowest BCUT2D eigenvalue weighted by atomic mass is 10.2. The highest BCUT2D eigenvalue weighted by Gasteiger charge is 2.15. The van der Waals surface area contributed by atoms with E-state index in [4.69, 9.17) is 23.1 Å². The summed E-state index contributed by atoms with van der Waals surface area (Å²) >= 11 is 4.72. The van der Waals surface area contributed by atoms with E-state index in [9.17, 15) is 4.79 Å². The third-order valence-electron chi connectivity index (χ3n) is 2.32. The van der Waals surface area contributed by atoms with Crippen molar-refractivity contribution < 1.29 is 9.90 Å². The first-order chi connectivity index (χ1) is 7.99. The zero-order valence-electron chi connectivity index (χ0n) is 8.97. The van der Waals surface area contributed by atoms with Crippen LogP contribution in [-0.2, 0) is 7.05 Å². The molecule has 1 aromatic heterocycles. The van der Waals surface area contributed by atoms with Crippen LogP contribution in [0.1, 0.15) is 10.5 Å². The Bertz CT molecular complexity index is 620. The van der Waals surface area contributed by atoms with Gasteiger partial charge >= 0.3 is 5.97 Å². The van der Waals surface area contributed by atoms with E-state index < -0.39 is 5.97 Å². The average Bonchev–Trinajstić information content (AvgIpc) is 2.55. The molecule has 0 bridgehead atoms. The number of aromatic carboxylic acids is 1. The van der Waals surface area contributed by atoms with E-state index in [1.165, 1.54) is 4.68 Å². The van der Waals surface area contributed by atoms with E-state index in [-0.39, 0.29) is 10.8 Å². The van der Waals surface area contributed by atoms with Gasteiger partial charge in [-0.3, -0.25) is 4.68 Å². The van der Waals surface area contributed by atoms with Crippen molar-refractivity contribution in [2.45, 2.75) is 0 Å². The molecule has 7 heteroatoms. The predicted molar refractivity (Wildman–Crippen MR) is 68.1 cm³/mol. The van der Waals surface area contributed by atoms with Gasteiger partial charge in [-0.05, 0) is 30.4 Å². The average molecular weight is 250 g/mol. The number of aromatic nitrogens is 2. The fourth-order valence-electron chi connectivity index (χ4n) is 1.64. The van der Waals surface area contributed by atoms with Gasteiger partial charge in [0.2, 0.25) is 0 Å². The molecule has 1 heterocycles. The molecular weight excluding hydrogens is 240 g/mol. The van der Waals surface area contributed by atoms with E-state index in [1.54, 1.807) is 25.2 Å². The molecule has 4 N–H and O–H groups in total. The number of fused-ring (bicyclic) bond motifs is 1. The number of carboxylic acid groups (broad SMARTS) is 1. The lowest BCUT2D eigenvalue weighted by Crippen LogP contribution is -2.18. The fraction of sp³-hybridized carbons (Fsp3) is 0.100. The molecule has 6 nitrogen and oxygen atoms in total. The van der Waals surface area contributed by atoms with Crippen LogP contribution in [0.5, 0.6) is 0 Å².